The summed E-state index contributed by atoms with van der Waals surface area (Å²) in [4.78, 5) is 9.47. The molecule has 8 heteroatoms. The Morgan fingerprint density at radius 2 is 1.29 bits per heavy atom. The summed E-state index contributed by atoms with van der Waals surface area (Å²) < 4.78 is 66.0. The van der Waals surface area contributed by atoms with E-state index in [1.54, 1.807) is 0 Å². The SMILES string of the molecule is O=CNc1ccc(Sc2c(F)c(F)c(F)c(F)c2F)cc1. The van der Waals surface area contributed by atoms with Crippen molar-refractivity contribution in [2.75, 3.05) is 5.32 Å². The summed E-state index contributed by atoms with van der Waals surface area (Å²) in [6.45, 7) is 0. The van der Waals surface area contributed by atoms with Gasteiger partial charge in [-0.3, -0.25) is 4.79 Å². The number of anilines is 1. The first-order valence-electron chi connectivity index (χ1n) is 5.45. The minimum atomic E-state index is -2.19. The first kappa shape index (κ1) is 15.3. The van der Waals surface area contributed by atoms with Crippen molar-refractivity contribution >= 4 is 23.9 Å². The van der Waals surface area contributed by atoms with Crippen molar-refractivity contribution in [3.8, 4) is 0 Å². The Hall–Kier alpha value is -2.09. The van der Waals surface area contributed by atoms with Crippen molar-refractivity contribution in [2.45, 2.75) is 9.79 Å². The highest BCUT2D eigenvalue weighted by molar-refractivity contribution is 7.99. The van der Waals surface area contributed by atoms with Crippen molar-refractivity contribution in [1.29, 1.82) is 0 Å². The van der Waals surface area contributed by atoms with E-state index in [1.165, 1.54) is 24.3 Å². The number of rotatable bonds is 4. The highest BCUT2D eigenvalue weighted by atomic mass is 32.2. The Kier molecular flexibility index (Phi) is 4.46. The summed E-state index contributed by atoms with van der Waals surface area (Å²) in [5, 5.41) is 2.34. The van der Waals surface area contributed by atoms with E-state index in [0.717, 1.165) is 0 Å². The molecule has 2 nitrogen and oxygen atoms in total. The lowest BCUT2D eigenvalue weighted by molar-refractivity contribution is -0.105. The molecule has 0 aliphatic rings. The molecule has 2 aromatic rings. The molecular weight excluding hydrogens is 313 g/mol. The fourth-order valence-electron chi connectivity index (χ4n) is 1.48. The van der Waals surface area contributed by atoms with E-state index in [-0.39, 0.29) is 4.90 Å². The number of hydrogen-bond acceptors (Lipinski definition) is 2. The first-order valence-corrected chi connectivity index (χ1v) is 6.27. The molecule has 0 spiro atoms. The fraction of sp³-hybridized carbons (Fsp3) is 0. The maximum Gasteiger partial charge on any atom is 0.211 e. The van der Waals surface area contributed by atoms with E-state index in [1.807, 2.05) is 0 Å². The molecule has 0 saturated heterocycles. The van der Waals surface area contributed by atoms with Gasteiger partial charge in [0.25, 0.3) is 0 Å². The van der Waals surface area contributed by atoms with Crippen LogP contribution < -0.4 is 5.32 Å². The van der Waals surface area contributed by atoms with E-state index < -0.39 is 34.0 Å². The van der Waals surface area contributed by atoms with Crippen LogP contribution in [-0.2, 0) is 4.79 Å². The average molecular weight is 319 g/mol. The molecule has 0 aromatic heterocycles. The van der Waals surface area contributed by atoms with Crippen molar-refractivity contribution in [3.05, 3.63) is 53.4 Å². The second-order valence-electron chi connectivity index (χ2n) is 3.79. The topological polar surface area (TPSA) is 29.1 Å². The lowest BCUT2D eigenvalue weighted by Gasteiger charge is -2.08. The van der Waals surface area contributed by atoms with Crippen LogP contribution >= 0.6 is 11.8 Å². The van der Waals surface area contributed by atoms with Crippen molar-refractivity contribution < 1.29 is 26.7 Å². The minimum absolute atomic E-state index is 0.245. The van der Waals surface area contributed by atoms with Crippen LogP contribution in [-0.4, -0.2) is 6.41 Å². The molecule has 0 radical (unpaired) electrons. The normalized spacial score (nSPS) is 10.5. The number of carbonyl (C=O) groups is 1. The Labute approximate surface area is 120 Å². The van der Waals surface area contributed by atoms with Crippen molar-refractivity contribution in [2.24, 2.45) is 0 Å². The average Bonchev–Trinajstić information content (AvgIpc) is 2.49. The number of benzene rings is 2. The molecule has 0 atom stereocenters. The highest BCUT2D eigenvalue weighted by Gasteiger charge is 2.26. The van der Waals surface area contributed by atoms with Gasteiger partial charge in [0.1, 0.15) is 0 Å². The van der Waals surface area contributed by atoms with E-state index in [2.05, 4.69) is 5.32 Å². The summed E-state index contributed by atoms with van der Waals surface area (Å²) in [5.74, 6) is -9.94. The molecule has 0 heterocycles. The molecule has 0 unspecified atom stereocenters. The van der Waals surface area contributed by atoms with Crippen LogP contribution in [0.5, 0.6) is 0 Å². The summed E-state index contributed by atoms with van der Waals surface area (Å²) >= 11 is 0.392. The van der Waals surface area contributed by atoms with Gasteiger partial charge >= 0.3 is 0 Å². The largest absolute Gasteiger partial charge is 0.329 e. The minimum Gasteiger partial charge on any atom is -0.329 e. The quantitative estimate of drug-likeness (QED) is 0.398. The third-order valence-electron chi connectivity index (χ3n) is 2.47. The summed E-state index contributed by atoms with van der Waals surface area (Å²) in [6, 6.07) is 5.58. The van der Waals surface area contributed by atoms with Crippen molar-refractivity contribution in [3.63, 3.8) is 0 Å². The highest BCUT2D eigenvalue weighted by Crippen LogP contribution is 2.35. The van der Waals surface area contributed by atoms with Gasteiger partial charge in [-0.15, -0.1) is 0 Å². The number of nitrogens with one attached hydrogen (secondary N) is 1. The maximum absolute atomic E-state index is 13.5. The van der Waals surface area contributed by atoms with Crippen LogP contribution in [0.25, 0.3) is 0 Å². The zero-order valence-corrected chi connectivity index (χ0v) is 10.9. The molecule has 0 bridgehead atoms. The number of halogens is 5. The molecule has 0 aliphatic carbocycles. The van der Waals surface area contributed by atoms with Crippen LogP contribution in [0.15, 0.2) is 34.1 Å². The summed E-state index contributed by atoms with van der Waals surface area (Å²) in [5.41, 5.74) is 0.423. The van der Waals surface area contributed by atoms with E-state index in [9.17, 15) is 26.7 Å². The predicted molar refractivity (Wildman–Crippen MR) is 66.5 cm³/mol. The molecule has 0 saturated carbocycles. The number of amides is 1. The van der Waals surface area contributed by atoms with Crippen LogP contribution in [0, 0.1) is 29.1 Å². The van der Waals surface area contributed by atoms with Crippen LogP contribution in [0.2, 0.25) is 0 Å². The van der Waals surface area contributed by atoms with Gasteiger partial charge in [0.15, 0.2) is 23.3 Å². The third-order valence-corrected chi connectivity index (χ3v) is 3.54. The maximum atomic E-state index is 13.5. The van der Waals surface area contributed by atoms with Gasteiger partial charge in [-0.2, -0.15) is 0 Å². The monoisotopic (exact) mass is 319 g/mol. The second-order valence-corrected chi connectivity index (χ2v) is 4.87. The molecule has 0 aliphatic heterocycles. The zero-order valence-electron chi connectivity index (χ0n) is 10.1. The number of hydrogen-bond donors (Lipinski definition) is 1. The molecular formula is C13H6F5NOS. The van der Waals surface area contributed by atoms with E-state index in [4.69, 9.17) is 0 Å². The van der Waals surface area contributed by atoms with E-state index >= 15 is 0 Å². The molecule has 2 rings (SSSR count). The Morgan fingerprint density at radius 3 is 1.76 bits per heavy atom. The smallest absolute Gasteiger partial charge is 0.211 e. The van der Waals surface area contributed by atoms with E-state index in [0.29, 0.717) is 23.9 Å². The van der Waals surface area contributed by atoms with Gasteiger partial charge in [-0.1, -0.05) is 11.8 Å². The van der Waals surface area contributed by atoms with Gasteiger partial charge in [0.2, 0.25) is 12.2 Å². The molecule has 2 aromatic carbocycles. The first-order chi connectivity index (χ1) is 9.95. The van der Waals surface area contributed by atoms with Crippen LogP contribution in [0.3, 0.4) is 0 Å². The van der Waals surface area contributed by atoms with Gasteiger partial charge in [-0.25, -0.2) is 22.0 Å². The van der Waals surface area contributed by atoms with Gasteiger partial charge in [-0.05, 0) is 24.3 Å². The van der Waals surface area contributed by atoms with Gasteiger partial charge in [0, 0.05) is 10.6 Å². The number of carbonyl (C=O) groups excluding carboxylic acids is 1. The van der Waals surface area contributed by atoms with Crippen molar-refractivity contribution in [1.82, 2.24) is 0 Å². The molecule has 1 N–H and O–H groups in total. The standard InChI is InChI=1S/C13H6F5NOS/c14-8-9(15)11(17)13(12(18)10(8)16)21-7-3-1-6(2-4-7)19-5-20/h1-5H,(H,19,20). The van der Waals surface area contributed by atoms with Crippen LogP contribution in [0.1, 0.15) is 0 Å². The lowest BCUT2D eigenvalue weighted by atomic mass is 10.3. The molecule has 1 amide bonds. The fourth-order valence-corrected chi connectivity index (χ4v) is 2.35. The predicted octanol–water partition coefficient (Wildman–Crippen LogP) is 4.10. The Bertz CT molecular complexity index is 661. The Morgan fingerprint density at radius 1 is 0.810 bits per heavy atom. The molecule has 21 heavy (non-hydrogen) atoms. The Balaban J connectivity index is 2.37. The molecule has 110 valence electrons. The lowest BCUT2D eigenvalue weighted by Crippen LogP contribution is -2.03. The van der Waals surface area contributed by atoms with Gasteiger partial charge < -0.3 is 5.32 Å². The zero-order chi connectivity index (χ0) is 15.6. The third kappa shape index (κ3) is 2.99. The van der Waals surface area contributed by atoms with Gasteiger partial charge in [0.05, 0.1) is 4.90 Å². The second kappa shape index (κ2) is 6.13. The van der Waals surface area contributed by atoms with Crippen LogP contribution in [0.4, 0.5) is 27.6 Å². The summed E-state index contributed by atoms with van der Waals surface area (Å²) in [7, 11) is 0. The summed E-state index contributed by atoms with van der Waals surface area (Å²) in [6.07, 6.45) is 0.437. The molecule has 0 fully saturated rings.